The first-order chi connectivity index (χ1) is 11.0. The van der Waals surface area contributed by atoms with Gasteiger partial charge in [0.2, 0.25) is 11.5 Å². The quantitative estimate of drug-likeness (QED) is 0.705. The molecule has 2 heterocycles. The summed E-state index contributed by atoms with van der Waals surface area (Å²) in [6.07, 6.45) is 0.207. The lowest BCUT2D eigenvalue weighted by Gasteiger charge is -2.15. The predicted molar refractivity (Wildman–Crippen MR) is 81.2 cm³/mol. The Morgan fingerprint density at radius 3 is 2.74 bits per heavy atom. The molecule has 3 aromatic rings. The lowest BCUT2D eigenvalue weighted by Crippen LogP contribution is -2.24. The maximum absolute atomic E-state index is 13.0. The molecule has 0 radical (unpaired) electrons. The number of nitrogens with zero attached hydrogens (tertiary/aromatic N) is 2. The second-order valence-corrected chi connectivity index (χ2v) is 5.56. The number of carboxylic acid groups (broad SMARTS) is 1. The van der Waals surface area contributed by atoms with Crippen molar-refractivity contribution >= 4 is 49.6 Å². The molecule has 1 aromatic carbocycles. The fourth-order valence-corrected chi connectivity index (χ4v) is 2.69. The number of nitrogens with one attached hydrogen (secondary N) is 1. The van der Waals surface area contributed by atoms with Crippen molar-refractivity contribution in [1.29, 1.82) is 0 Å². The molecule has 10 heteroatoms. The number of amides is 1. The molecule has 1 amide bonds. The van der Waals surface area contributed by atoms with Gasteiger partial charge in [0.1, 0.15) is 5.65 Å². The molecule has 0 saturated heterocycles. The third kappa shape index (κ3) is 2.31. The van der Waals surface area contributed by atoms with Crippen LogP contribution >= 0.6 is 15.9 Å². The van der Waals surface area contributed by atoms with Gasteiger partial charge in [-0.3, -0.25) is 14.8 Å². The maximum Gasteiger partial charge on any atom is 0.411 e. The molecule has 120 valence electrons. The zero-order valence-electron chi connectivity index (χ0n) is 11.4. The van der Waals surface area contributed by atoms with E-state index in [1.165, 1.54) is 13.2 Å². The van der Waals surface area contributed by atoms with Crippen LogP contribution in [0.5, 0.6) is 11.5 Å². The molecule has 3 rings (SSSR count). The van der Waals surface area contributed by atoms with Crippen LogP contribution in [0.1, 0.15) is 0 Å². The third-order valence-corrected chi connectivity index (χ3v) is 3.83. The second-order valence-electron chi connectivity index (χ2n) is 4.64. The molecule has 2 aromatic heterocycles. The summed E-state index contributed by atoms with van der Waals surface area (Å²) in [5.41, 5.74) is 0.608. The lowest BCUT2D eigenvalue weighted by atomic mass is 10.1. The number of pyridine rings is 1. The molecule has 0 unspecified atom stereocenters. The summed E-state index contributed by atoms with van der Waals surface area (Å²) in [6.45, 7) is 0. The van der Waals surface area contributed by atoms with Crippen LogP contribution in [0.25, 0.3) is 21.9 Å². The summed E-state index contributed by atoms with van der Waals surface area (Å²) in [5, 5.41) is 9.66. The minimum atomic E-state index is -1.29. The highest BCUT2D eigenvalue weighted by atomic mass is 79.9. The SMILES string of the molecule is CN(C(=O)O)c1cc(OF)c(OF)c2c1[nH]c1ncc(Br)cc12. The predicted octanol–water partition coefficient (Wildman–Crippen LogP) is 4.12. The summed E-state index contributed by atoms with van der Waals surface area (Å²) in [4.78, 5) is 26.4. The summed E-state index contributed by atoms with van der Waals surface area (Å²) >= 11 is 3.23. The second kappa shape index (κ2) is 5.54. The van der Waals surface area contributed by atoms with Crippen LogP contribution in [0.2, 0.25) is 0 Å². The molecule has 0 aliphatic heterocycles. The number of aromatic amines is 1. The smallest absolute Gasteiger partial charge is 0.411 e. The van der Waals surface area contributed by atoms with Crippen molar-refractivity contribution in [1.82, 2.24) is 9.97 Å². The minimum Gasteiger partial charge on any atom is -0.465 e. The van der Waals surface area contributed by atoms with Gasteiger partial charge in [0.05, 0.1) is 16.6 Å². The molecule has 0 fully saturated rings. The van der Waals surface area contributed by atoms with Gasteiger partial charge in [-0.1, -0.05) is 0 Å². The van der Waals surface area contributed by atoms with Crippen LogP contribution in [-0.2, 0) is 0 Å². The van der Waals surface area contributed by atoms with Crippen LogP contribution in [0.15, 0.2) is 22.8 Å². The molecular formula is C13H8BrF2N3O4. The Balaban J connectivity index is 2.51. The van der Waals surface area contributed by atoms with E-state index in [2.05, 4.69) is 35.8 Å². The molecule has 0 bridgehead atoms. The van der Waals surface area contributed by atoms with Crippen LogP contribution in [0, 0.1) is 0 Å². The van der Waals surface area contributed by atoms with Gasteiger partial charge in [0, 0.05) is 38.2 Å². The van der Waals surface area contributed by atoms with E-state index in [1.807, 2.05) is 0 Å². The number of aromatic nitrogens is 2. The average Bonchev–Trinajstić information content (AvgIpc) is 2.91. The molecule has 0 atom stereocenters. The van der Waals surface area contributed by atoms with E-state index in [9.17, 15) is 13.8 Å². The van der Waals surface area contributed by atoms with Crippen molar-refractivity contribution in [3.8, 4) is 11.5 Å². The van der Waals surface area contributed by atoms with E-state index in [4.69, 9.17) is 5.11 Å². The van der Waals surface area contributed by atoms with Gasteiger partial charge in [-0.15, -0.1) is 0 Å². The van der Waals surface area contributed by atoms with Crippen molar-refractivity contribution < 1.29 is 28.8 Å². The van der Waals surface area contributed by atoms with Gasteiger partial charge < -0.3 is 10.1 Å². The summed E-state index contributed by atoms with van der Waals surface area (Å²) in [5.74, 6) is -1.11. The summed E-state index contributed by atoms with van der Waals surface area (Å²) < 4.78 is 26.4. The number of hydrogen-bond acceptors (Lipinski definition) is 4. The van der Waals surface area contributed by atoms with E-state index in [0.717, 1.165) is 11.0 Å². The largest absolute Gasteiger partial charge is 0.465 e. The molecule has 0 aliphatic carbocycles. The number of anilines is 1. The fourth-order valence-electron chi connectivity index (χ4n) is 2.36. The first-order valence-electron chi connectivity index (χ1n) is 6.15. The molecule has 0 aliphatic rings. The Kier molecular flexibility index (Phi) is 3.68. The topological polar surface area (TPSA) is 87.7 Å². The number of halogens is 3. The zero-order chi connectivity index (χ0) is 16.7. The van der Waals surface area contributed by atoms with Gasteiger partial charge in [-0.2, -0.15) is 0 Å². The Hall–Kier alpha value is -2.62. The van der Waals surface area contributed by atoms with Gasteiger partial charge in [0.25, 0.3) is 0 Å². The zero-order valence-corrected chi connectivity index (χ0v) is 13.0. The van der Waals surface area contributed by atoms with E-state index < -0.39 is 17.6 Å². The Morgan fingerprint density at radius 1 is 1.39 bits per heavy atom. The van der Waals surface area contributed by atoms with E-state index in [1.54, 1.807) is 6.07 Å². The third-order valence-electron chi connectivity index (χ3n) is 3.40. The standard InChI is InChI=1S/C13H8BrF2N3O4/c1-19(13(20)21)7-3-8(22-15)11(23-16)9-6-2-5(14)4-17-12(6)18-10(7)9/h2-4H,1H3,(H,17,18)(H,20,21). The Morgan fingerprint density at radius 2 is 2.13 bits per heavy atom. The van der Waals surface area contributed by atoms with Crippen molar-refractivity contribution in [3.63, 3.8) is 0 Å². The van der Waals surface area contributed by atoms with Crippen molar-refractivity contribution in [2.75, 3.05) is 11.9 Å². The molecule has 2 N–H and O–H groups in total. The highest BCUT2D eigenvalue weighted by molar-refractivity contribution is 9.10. The van der Waals surface area contributed by atoms with Crippen molar-refractivity contribution in [2.24, 2.45) is 0 Å². The number of H-pyrrole nitrogens is 1. The molecule has 23 heavy (non-hydrogen) atoms. The van der Waals surface area contributed by atoms with Crippen LogP contribution in [-0.4, -0.2) is 28.2 Å². The number of carbonyl (C=O) groups is 1. The van der Waals surface area contributed by atoms with Gasteiger partial charge >= 0.3 is 6.09 Å². The summed E-state index contributed by atoms with van der Waals surface area (Å²) in [6, 6.07) is 2.62. The van der Waals surface area contributed by atoms with E-state index in [0.29, 0.717) is 15.5 Å². The first kappa shape index (κ1) is 15.3. The molecule has 0 saturated carbocycles. The molecule has 7 nitrogen and oxygen atoms in total. The highest BCUT2D eigenvalue weighted by Crippen LogP contribution is 2.45. The normalized spacial score (nSPS) is 11.0. The van der Waals surface area contributed by atoms with Gasteiger partial charge in [0.15, 0.2) is 0 Å². The highest BCUT2D eigenvalue weighted by Gasteiger charge is 2.25. The van der Waals surface area contributed by atoms with E-state index in [-0.39, 0.29) is 16.6 Å². The average molecular weight is 388 g/mol. The van der Waals surface area contributed by atoms with Crippen LogP contribution in [0.4, 0.5) is 19.5 Å². The van der Waals surface area contributed by atoms with Crippen LogP contribution < -0.4 is 14.8 Å². The Labute approximate surface area is 135 Å². The maximum atomic E-state index is 13.0. The van der Waals surface area contributed by atoms with Crippen molar-refractivity contribution in [2.45, 2.75) is 0 Å². The van der Waals surface area contributed by atoms with Gasteiger partial charge in [-0.05, 0) is 22.0 Å². The fraction of sp³-hybridized carbons (Fsp3) is 0.0769. The monoisotopic (exact) mass is 387 g/mol. The first-order valence-corrected chi connectivity index (χ1v) is 6.95. The number of benzene rings is 1. The number of rotatable bonds is 3. The number of hydrogen-bond donors (Lipinski definition) is 2. The lowest BCUT2D eigenvalue weighted by molar-refractivity contribution is -0.0372. The van der Waals surface area contributed by atoms with Crippen LogP contribution in [0.3, 0.4) is 0 Å². The number of fused-ring (bicyclic) bond motifs is 3. The van der Waals surface area contributed by atoms with Crippen molar-refractivity contribution in [3.05, 3.63) is 22.8 Å². The van der Waals surface area contributed by atoms with Gasteiger partial charge in [-0.25, -0.2) is 9.78 Å². The van der Waals surface area contributed by atoms with E-state index >= 15 is 0 Å². The molecule has 0 spiro atoms. The molecular weight excluding hydrogens is 380 g/mol. The minimum absolute atomic E-state index is 0.0510. The summed E-state index contributed by atoms with van der Waals surface area (Å²) in [7, 11) is 1.25. The Bertz CT molecular complexity index is 931.